The molecule has 0 aliphatic heterocycles. The van der Waals surface area contributed by atoms with Gasteiger partial charge in [-0.2, -0.15) is 5.10 Å². The van der Waals surface area contributed by atoms with Gasteiger partial charge in [-0.25, -0.2) is 4.98 Å². The Morgan fingerprint density at radius 1 is 1.53 bits per heavy atom. The third-order valence-electron chi connectivity index (χ3n) is 2.43. The number of aryl methyl sites for hydroxylation is 1. The van der Waals surface area contributed by atoms with E-state index < -0.39 is 0 Å². The highest BCUT2D eigenvalue weighted by atomic mass is 79.9. The molecule has 4 nitrogen and oxygen atoms in total. The molecule has 92 valence electrons. The summed E-state index contributed by atoms with van der Waals surface area (Å²) < 4.78 is 3.99. The van der Waals surface area contributed by atoms with Gasteiger partial charge >= 0.3 is 0 Å². The van der Waals surface area contributed by atoms with Gasteiger partial charge in [-0.3, -0.25) is 4.68 Å². The lowest BCUT2D eigenvalue weighted by Gasteiger charge is -2.09. The van der Waals surface area contributed by atoms with Crippen molar-refractivity contribution in [3.05, 3.63) is 31.4 Å². The summed E-state index contributed by atoms with van der Waals surface area (Å²) in [5.41, 5.74) is 6.18. The first kappa shape index (κ1) is 13.2. The number of halogens is 2. The fraction of sp³-hybridized carbons (Fsp3) is 0.400. The van der Waals surface area contributed by atoms with Gasteiger partial charge in [0.1, 0.15) is 12.2 Å². The first-order valence-corrected chi connectivity index (χ1v) is 7.59. The highest BCUT2D eigenvalue weighted by Crippen LogP contribution is 2.35. The molecule has 0 saturated carbocycles. The predicted molar refractivity (Wildman–Crippen MR) is 76.0 cm³/mol. The van der Waals surface area contributed by atoms with Crippen LogP contribution in [0.1, 0.15) is 23.7 Å². The fourth-order valence-electron chi connectivity index (χ4n) is 1.55. The van der Waals surface area contributed by atoms with Crippen LogP contribution >= 0.6 is 43.2 Å². The van der Waals surface area contributed by atoms with Gasteiger partial charge in [0.05, 0.1) is 3.79 Å². The molecule has 1 atom stereocenters. The van der Waals surface area contributed by atoms with Gasteiger partial charge in [0.15, 0.2) is 0 Å². The Labute approximate surface area is 120 Å². The number of hydrogen-bond donors (Lipinski definition) is 1. The standard InChI is InChI=1S/C10H12Br2N4S/c1-2-16-9(14-5-15-16)4-7(13)8-3-6(11)10(12)17-8/h3,5,7H,2,4,13H2,1H3. The maximum Gasteiger partial charge on any atom is 0.138 e. The molecule has 0 fully saturated rings. The van der Waals surface area contributed by atoms with E-state index in [0.717, 1.165) is 25.5 Å². The smallest absolute Gasteiger partial charge is 0.138 e. The summed E-state index contributed by atoms with van der Waals surface area (Å²) in [6.07, 6.45) is 2.28. The number of thiophene rings is 1. The molecule has 0 aliphatic rings. The summed E-state index contributed by atoms with van der Waals surface area (Å²) in [4.78, 5) is 5.37. The number of nitrogens with zero attached hydrogens (tertiary/aromatic N) is 3. The molecule has 2 rings (SSSR count). The van der Waals surface area contributed by atoms with E-state index in [1.54, 1.807) is 17.7 Å². The maximum atomic E-state index is 6.18. The predicted octanol–water partition coefficient (Wildman–Crippen LogP) is 3.13. The molecular formula is C10H12Br2N4S. The van der Waals surface area contributed by atoms with E-state index in [0.29, 0.717) is 6.42 Å². The number of hydrogen-bond acceptors (Lipinski definition) is 4. The van der Waals surface area contributed by atoms with E-state index in [9.17, 15) is 0 Å². The maximum absolute atomic E-state index is 6.18. The topological polar surface area (TPSA) is 56.7 Å². The zero-order valence-corrected chi connectivity index (χ0v) is 13.2. The van der Waals surface area contributed by atoms with Gasteiger partial charge in [-0.1, -0.05) is 0 Å². The second kappa shape index (κ2) is 5.60. The lowest BCUT2D eigenvalue weighted by atomic mass is 10.2. The highest BCUT2D eigenvalue weighted by molar-refractivity contribution is 9.13. The normalized spacial score (nSPS) is 12.9. The third kappa shape index (κ3) is 2.96. The number of aromatic nitrogens is 3. The average Bonchev–Trinajstić information content (AvgIpc) is 2.86. The van der Waals surface area contributed by atoms with Crippen molar-refractivity contribution in [2.24, 2.45) is 5.73 Å². The van der Waals surface area contributed by atoms with Crippen LogP contribution in [0.2, 0.25) is 0 Å². The average molecular weight is 380 g/mol. The van der Waals surface area contributed by atoms with Gasteiger partial charge in [-0.05, 0) is 44.8 Å². The quantitative estimate of drug-likeness (QED) is 0.887. The van der Waals surface area contributed by atoms with Crippen LogP contribution in [0.3, 0.4) is 0 Å². The van der Waals surface area contributed by atoms with Gasteiger partial charge in [0.25, 0.3) is 0 Å². The summed E-state index contributed by atoms with van der Waals surface area (Å²) in [6.45, 7) is 2.86. The minimum atomic E-state index is -0.0444. The molecule has 2 heterocycles. The molecule has 0 saturated heterocycles. The van der Waals surface area contributed by atoms with Gasteiger partial charge in [-0.15, -0.1) is 11.3 Å². The zero-order chi connectivity index (χ0) is 12.4. The first-order valence-electron chi connectivity index (χ1n) is 5.18. The second-order valence-electron chi connectivity index (χ2n) is 3.57. The molecule has 17 heavy (non-hydrogen) atoms. The van der Waals surface area contributed by atoms with Gasteiger partial charge in [0.2, 0.25) is 0 Å². The molecule has 2 aromatic rings. The van der Waals surface area contributed by atoms with Crippen LogP contribution < -0.4 is 5.73 Å². The van der Waals surface area contributed by atoms with E-state index in [4.69, 9.17) is 5.73 Å². The van der Waals surface area contributed by atoms with Crippen LogP contribution in [0.15, 0.2) is 20.7 Å². The minimum absolute atomic E-state index is 0.0444. The SMILES string of the molecule is CCn1ncnc1CC(N)c1cc(Br)c(Br)s1. The number of nitrogens with two attached hydrogens (primary N) is 1. The largest absolute Gasteiger partial charge is 0.323 e. The van der Waals surface area contributed by atoms with Crippen LogP contribution in [0.4, 0.5) is 0 Å². The molecule has 0 bridgehead atoms. The van der Waals surface area contributed by atoms with E-state index in [2.05, 4.69) is 41.9 Å². The molecule has 0 radical (unpaired) electrons. The van der Waals surface area contributed by atoms with Crippen LogP contribution in [-0.2, 0) is 13.0 Å². The fourth-order valence-corrected chi connectivity index (χ4v) is 3.64. The van der Waals surface area contributed by atoms with E-state index in [1.165, 1.54) is 0 Å². The summed E-state index contributed by atoms with van der Waals surface area (Å²) in [5, 5.41) is 4.14. The number of rotatable bonds is 4. The molecule has 2 aromatic heterocycles. The Morgan fingerprint density at radius 3 is 2.88 bits per heavy atom. The zero-order valence-electron chi connectivity index (χ0n) is 9.23. The van der Waals surface area contributed by atoms with Crippen LogP contribution in [-0.4, -0.2) is 14.8 Å². The Hall–Kier alpha value is -0.240. The third-order valence-corrected chi connectivity index (χ3v) is 5.82. The highest BCUT2D eigenvalue weighted by Gasteiger charge is 2.15. The molecule has 0 spiro atoms. The molecule has 0 amide bonds. The van der Waals surface area contributed by atoms with Crippen molar-refractivity contribution in [1.82, 2.24) is 14.8 Å². The van der Waals surface area contributed by atoms with Crippen molar-refractivity contribution in [2.45, 2.75) is 25.9 Å². The Bertz CT molecular complexity index is 489. The second-order valence-corrected chi connectivity index (χ2v) is 6.83. The Balaban J connectivity index is 2.14. The van der Waals surface area contributed by atoms with E-state index in [1.807, 2.05) is 17.7 Å². The molecule has 1 unspecified atom stereocenters. The van der Waals surface area contributed by atoms with Crippen molar-refractivity contribution in [1.29, 1.82) is 0 Å². The van der Waals surface area contributed by atoms with E-state index in [-0.39, 0.29) is 6.04 Å². The monoisotopic (exact) mass is 378 g/mol. The summed E-state index contributed by atoms with van der Waals surface area (Å²) in [6, 6.07) is 2.00. The van der Waals surface area contributed by atoms with Crippen LogP contribution in [0.25, 0.3) is 0 Å². The first-order chi connectivity index (χ1) is 8.11. The Kier molecular flexibility index (Phi) is 4.35. The van der Waals surface area contributed by atoms with Crippen molar-refractivity contribution in [3.63, 3.8) is 0 Å². The van der Waals surface area contributed by atoms with Gasteiger partial charge < -0.3 is 5.73 Å². The van der Waals surface area contributed by atoms with Crippen molar-refractivity contribution >= 4 is 43.2 Å². The summed E-state index contributed by atoms with van der Waals surface area (Å²) >= 11 is 8.58. The molecule has 0 aromatic carbocycles. The molecule has 0 aliphatic carbocycles. The Morgan fingerprint density at radius 2 is 2.29 bits per heavy atom. The lowest BCUT2D eigenvalue weighted by molar-refractivity contribution is 0.584. The van der Waals surface area contributed by atoms with E-state index >= 15 is 0 Å². The van der Waals surface area contributed by atoms with Crippen LogP contribution in [0, 0.1) is 0 Å². The van der Waals surface area contributed by atoms with Gasteiger partial charge in [0, 0.05) is 28.4 Å². The molecule has 7 heteroatoms. The molecule has 2 N–H and O–H groups in total. The van der Waals surface area contributed by atoms with Crippen molar-refractivity contribution in [3.8, 4) is 0 Å². The van der Waals surface area contributed by atoms with Crippen molar-refractivity contribution in [2.75, 3.05) is 0 Å². The van der Waals surface area contributed by atoms with Crippen molar-refractivity contribution < 1.29 is 0 Å². The van der Waals surface area contributed by atoms with Crippen LogP contribution in [0.5, 0.6) is 0 Å². The summed E-state index contributed by atoms with van der Waals surface area (Å²) in [7, 11) is 0. The summed E-state index contributed by atoms with van der Waals surface area (Å²) in [5.74, 6) is 0.931. The minimum Gasteiger partial charge on any atom is -0.323 e. The lowest BCUT2D eigenvalue weighted by Crippen LogP contribution is -2.15. The molecular weight excluding hydrogens is 368 g/mol.